The zero-order chi connectivity index (χ0) is 19.4. The lowest BCUT2D eigenvalue weighted by atomic mass is 10.1. The molecule has 1 aliphatic heterocycles. The number of hydrogen-bond acceptors (Lipinski definition) is 3. The first-order valence-electron chi connectivity index (χ1n) is 8.70. The Balaban J connectivity index is 1.55. The van der Waals surface area contributed by atoms with Gasteiger partial charge in [-0.3, -0.25) is 9.59 Å². The van der Waals surface area contributed by atoms with Gasteiger partial charge < -0.3 is 14.5 Å². The fourth-order valence-corrected chi connectivity index (χ4v) is 3.09. The number of carbonyl (C=O) groups is 2. The Morgan fingerprint density at radius 3 is 2.22 bits per heavy atom. The maximum atomic E-state index is 13.8. The van der Waals surface area contributed by atoms with Gasteiger partial charge in [0, 0.05) is 31.2 Å². The number of halogens is 2. The maximum Gasteiger partial charge on any atom is 0.263 e. The fraction of sp³-hybridized carbons (Fsp3) is 0.300. The maximum absolute atomic E-state index is 13.8. The molecule has 2 aromatic carbocycles. The molecule has 1 fully saturated rings. The quantitative estimate of drug-likeness (QED) is 0.805. The summed E-state index contributed by atoms with van der Waals surface area (Å²) in [6.07, 6.45) is -0.653. The highest BCUT2D eigenvalue weighted by Gasteiger charge is 2.29. The molecule has 5 nitrogen and oxygen atoms in total. The molecule has 2 amide bonds. The summed E-state index contributed by atoms with van der Waals surface area (Å²) in [7, 11) is 0. The molecular weight excluding hydrogens is 371 g/mol. The van der Waals surface area contributed by atoms with Gasteiger partial charge in [-0.25, -0.2) is 4.39 Å². The summed E-state index contributed by atoms with van der Waals surface area (Å²) in [6, 6.07) is 12.7. The number of benzene rings is 2. The van der Waals surface area contributed by atoms with Crippen LogP contribution in [-0.2, 0) is 4.79 Å². The first-order chi connectivity index (χ1) is 13.0. The Morgan fingerprint density at radius 2 is 1.59 bits per heavy atom. The number of hydrogen-bond donors (Lipinski definition) is 0. The van der Waals surface area contributed by atoms with Crippen LogP contribution < -0.4 is 4.74 Å². The SMILES string of the molecule is CC(Oc1ccc(Cl)cc1)C(=O)N1CCN(C(=O)c2ccccc2F)CC1. The number of rotatable bonds is 4. The minimum atomic E-state index is -0.653. The summed E-state index contributed by atoms with van der Waals surface area (Å²) in [5, 5.41) is 0.594. The molecule has 0 aromatic heterocycles. The van der Waals surface area contributed by atoms with Gasteiger partial charge in [0.15, 0.2) is 6.10 Å². The average molecular weight is 391 g/mol. The zero-order valence-electron chi connectivity index (χ0n) is 14.9. The summed E-state index contributed by atoms with van der Waals surface area (Å²) >= 11 is 5.84. The molecule has 0 bridgehead atoms. The molecule has 1 atom stereocenters. The smallest absolute Gasteiger partial charge is 0.263 e. The molecule has 27 heavy (non-hydrogen) atoms. The average Bonchev–Trinajstić information content (AvgIpc) is 2.69. The van der Waals surface area contributed by atoms with Crippen molar-refractivity contribution in [3.63, 3.8) is 0 Å². The highest BCUT2D eigenvalue weighted by atomic mass is 35.5. The second kappa shape index (κ2) is 8.39. The molecule has 0 radical (unpaired) electrons. The van der Waals surface area contributed by atoms with Crippen LogP contribution >= 0.6 is 11.6 Å². The molecule has 0 N–H and O–H groups in total. The fourth-order valence-electron chi connectivity index (χ4n) is 2.96. The normalized spacial score (nSPS) is 15.4. The highest BCUT2D eigenvalue weighted by Crippen LogP contribution is 2.18. The number of piperazine rings is 1. The molecule has 2 aromatic rings. The van der Waals surface area contributed by atoms with Crippen LogP contribution in [0, 0.1) is 5.82 Å². The van der Waals surface area contributed by atoms with Crippen LogP contribution in [-0.4, -0.2) is 53.9 Å². The van der Waals surface area contributed by atoms with Crippen molar-refractivity contribution in [2.75, 3.05) is 26.2 Å². The third-order valence-corrected chi connectivity index (χ3v) is 4.71. The summed E-state index contributed by atoms with van der Waals surface area (Å²) in [5.74, 6) is -0.479. The van der Waals surface area contributed by atoms with Crippen molar-refractivity contribution in [3.8, 4) is 5.75 Å². The summed E-state index contributed by atoms with van der Waals surface area (Å²) in [6.45, 7) is 3.16. The lowest BCUT2D eigenvalue weighted by Gasteiger charge is -2.36. The van der Waals surface area contributed by atoms with E-state index in [1.165, 1.54) is 12.1 Å². The molecule has 1 saturated heterocycles. The number of amides is 2. The lowest BCUT2D eigenvalue weighted by molar-refractivity contribution is -0.139. The molecule has 7 heteroatoms. The van der Waals surface area contributed by atoms with Crippen LogP contribution in [0.1, 0.15) is 17.3 Å². The van der Waals surface area contributed by atoms with E-state index in [1.807, 2.05) is 0 Å². The van der Waals surface area contributed by atoms with E-state index in [9.17, 15) is 14.0 Å². The van der Waals surface area contributed by atoms with Gasteiger partial charge in [-0.2, -0.15) is 0 Å². The van der Waals surface area contributed by atoms with Crippen LogP contribution in [0.25, 0.3) is 0 Å². The Kier molecular flexibility index (Phi) is 5.96. The van der Waals surface area contributed by atoms with Crippen molar-refractivity contribution < 1.29 is 18.7 Å². The second-order valence-corrected chi connectivity index (χ2v) is 6.75. The minimum absolute atomic E-state index is 0.0525. The van der Waals surface area contributed by atoms with E-state index in [0.29, 0.717) is 37.0 Å². The standard InChI is InChI=1S/C20H20ClFN2O3/c1-14(27-16-8-6-15(21)7-9-16)19(25)23-10-12-24(13-11-23)20(26)17-4-2-3-5-18(17)22/h2-9,14H,10-13H2,1H3. The monoisotopic (exact) mass is 390 g/mol. The third-order valence-electron chi connectivity index (χ3n) is 4.46. The first kappa shape index (κ1) is 19.2. The van der Waals surface area contributed by atoms with E-state index in [-0.39, 0.29) is 17.4 Å². The summed E-state index contributed by atoms with van der Waals surface area (Å²) < 4.78 is 19.5. The zero-order valence-corrected chi connectivity index (χ0v) is 15.7. The largest absolute Gasteiger partial charge is 0.481 e. The van der Waals surface area contributed by atoms with Crippen molar-refractivity contribution in [2.24, 2.45) is 0 Å². The molecule has 1 heterocycles. The minimum Gasteiger partial charge on any atom is -0.481 e. The van der Waals surface area contributed by atoms with Crippen LogP contribution in [0.3, 0.4) is 0 Å². The van der Waals surface area contributed by atoms with E-state index in [1.54, 1.807) is 53.1 Å². The Morgan fingerprint density at radius 1 is 1.00 bits per heavy atom. The summed E-state index contributed by atoms with van der Waals surface area (Å²) in [5.41, 5.74) is 0.0525. The molecule has 3 rings (SSSR count). The number of ether oxygens (including phenoxy) is 1. The molecule has 0 saturated carbocycles. The number of nitrogens with zero attached hydrogens (tertiary/aromatic N) is 2. The van der Waals surface area contributed by atoms with Crippen LogP contribution in [0.5, 0.6) is 5.75 Å². The molecular formula is C20H20ClFN2O3. The highest BCUT2D eigenvalue weighted by molar-refractivity contribution is 6.30. The van der Waals surface area contributed by atoms with Gasteiger partial charge in [0.2, 0.25) is 0 Å². The Hall–Kier alpha value is -2.60. The van der Waals surface area contributed by atoms with Crippen LogP contribution in [0.4, 0.5) is 4.39 Å². The van der Waals surface area contributed by atoms with E-state index in [2.05, 4.69) is 0 Å². The lowest BCUT2D eigenvalue weighted by Crippen LogP contribution is -2.53. The van der Waals surface area contributed by atoms with Crippen molar-refractivity contribution in [1.82, 2.24) is 9.80 Å². The molecule has 0 aliphatic carbocycles. The van der Waals surface area contributed by atoms with E-state index in [4.69, 9.17) is 16.3 Å². The molecule has 1 unspecified atom stereocenters. The Labute approximate surface area is 162 Å². The molecule has 0 spiro atoms. The van der Waals surface area contributed by atoms with E-state index < -0.39 is 11.9 Å². The molecule has 1 aliphatic rings. The van der Waals surface area contributed by atoms with Gasteiger partial charge >= 0.3 is 0 Å². The third kappa shape index (κ3) is 4.57. The van der Waals surface area contributed by atoms with Crippen LogP contribution in [0.15, 0.2) is 48.5 Å². The van der Waals surface area contributed by atoms with Crippen molar-refractivity contribution >= 4 is 23.4 Å². The van der Waals surface area contributed by atoms with Crippen molar-refractivity contribution in [1.29, 1.82) is 0 Å². The predicted octanol–water partition coefficient (Wildman–Crippen LogP) is 3.23. The van der Waals surface area contributed by atoms with Crippen molar-refractivity contribution in [2.45, 2.75) is 13.0 Å². The topological polar surface area (TPSA) is 49.9 Å². The van der Waals surface area contributed by atoms with Gasteiger partial charge in [-0.1, -0.05) is 23.7 Å². The molecule has 142 valence electrons. The van der Waals surface area contributed by atoms with E-state index in [0.717, 1.165) is 0 Å². The van der Waals surface area contributed by atoms with Crippen LogP contribution in [0.2, 0.25) is 5.02 Å². The summed E-state index contributed by atoms with van der Waals surface area (Å²) in [4.78, 5) is 28.2. The first-order valence-corrected chi connectivity index (χ1v) is 9.08. The van der Waals surface area contributed by atoms with Gasteiger partial charge in [-0.05, 0) is 43.3 Å². The van der Waals surface area contributed by atoms with E-state index >= 15 is 0 Å². The second-order valence-electron chi connectivity index (χ2n) is 6.31. The predicted molar refractivity (Wildman–Crippen MR) is 100 cm³/mol. The van der Waals surface area contributed by atoms with Gasteiger partial charge in [-0.15, -0.1) is 0 Å². The Bertz CT molecular complexity index is 820. The van der Waals surface area contributed by atoms with Gasteiger partial charge in [0.25, 0.3) is 11.8 Å². The van der Waals surface area contributed by atoms with Gasteiger partial charge in [0.1, 0.15) is 11.6 Å². The van der Waals surface area contributed by atoms with Gasteiger partial charge in [0.05, 0.1) is 5.56 Å². The number of carbonyl (C=O) groups excluding carboxylic acids is 2. The van der Waals surface area contributed by atoms with Crippen molar-refractivity contribution in [3.05, 3.63) is 64.9 Å².